The zero-order valence-electron chi connectivity index (χ0n) is 23.9. The predicted molar refractivity (Wildman–Crippen MR) is 153 cm³/mol. The summed E-state index contributed by atoms with van der Waals surface area (Å²) in [4.78, 5) is 31.1. The summed E-state index contributed by atoms with van der Waals surface area (Å²) in [5.41, 5.74) is 3.34. The number of carbonyl (C=O) groups is 2. The minimum atomic E-state index is -0.615. The lowest BCUT2D eigenvalue weighted by molar-refractivity contribution is -0.123. The van der Waals surface area contributed by atoms with Crippen LogP contribution in [0.4, 0.5) is 5.69 Å². The molecule has 1 aromatic heterocycles. The molecular formula is C31H40N6O3. The lowest BCUT2D eigenvalue weighted by Gasteiger charge is -2.32. The fourth-order valence-electron chi connectivity index (χ4n) is 5.21. The summed E-state index contributed by atoms with van der Waals surface area (Å²) < 4.78 is 0. The van der Waals surface area contributed by atoms with Gasteiger partial charge in [-0.3, -0.25) is 14.7 Å². The number of benzene rings is 1. The number of aldehydes is 1. The lowest BCUT2D eigenvalue weighted by atomic mass is 9.87. The Morgan fingerprint density at radius 3 is 2.40 bits per heavy atom. The number of amides is 1. The molecule has 0 bridgehead atoms. The van der Waals surface area contributed by atoms with Crippen molar-refractivity contribution in [2.24, 2.45) is 0 Å². The Bertz CT molecular complexity index is 1220. The van der Waals surface area contributed by atoms with Gasteiger partial charge in [-0.25, -0.2) is 0 Å². The van der Waals surface area contributed by atoms with Gasteiger partial charge in [-0.2, -0.15) is 10.5 Å². The number of nitrogens with one attached hydrogen (secondary N) is 1. The van der Waals surface area contributed by atoms with Crippen LogP contribution in [0.25, 0.3) is 0 Å². The van der Waals surface area contributed by atoms with Gasteiger partial charge in [0.25, 0.3) is 0 Å². The molecule has 40 heavy (non-hydrogen) atoms. The van der Waals surface area contributed by atoms with Gasteiger partial charge in [0.2, 0.25) is 5.91 Å². The maximum absolute atomic E-state index is 13.4. The van der Waals surface area contributed by atoms with Crippen molar-refractivity contribution < 1.29 is 14.7 Å². The van der Waals surface area contributed by atoms with E-state index in [1.165, 1.54) is 16.9 Å². The second-order valence-corrected chi connectivity index (χ2v) is 11.6. The van der Waals surface area contributed by atoms with Crippen LogP contribution in [0.2, 0.25) is 0 Å². The zero-order chi connectivity index (χ0) is 29.3. The summed E-state index contributed by atoms with van der Waals surface area (Å²) in [6.45, 7) is 6.84. The fraction of sp³-hybridized carbons (Fsp3) is 0.516. The molecule has 9 heteroatoms. The molecule has 2 fully saturated rings. The molecule has 1 aromatic carbocycles. The highest BCUT2D eigenvalue weighted by Crippen LogP contribution is 2.31. The van der Waals surface area contributed by atoms with E-state index in [9.17, 15) is 14.9 Å². The van der Waals surface area contributed by atoms with Crippen LogP contribution < -0.4 is 10.2 Å². The Hall–Kier alpha value is -3.95. The van der Waals surface area contributed by atoms with E-state index in [0.717, 1.165) is 31.4 Å². The highest BCUT2D eigenvalue weighted by Gasteiger charge is 2.31. The summed E-state index contributed by atoms with van der Waals surface area (Å²) in [6.07, 6.45) is 11.2. The van der Waals surface area contributed by atoms with Crippen LogP contribution in [-0.4, -0.2) is 59.0 Å². The number of β-amino-alcohol motifs (C(OH)–C–C–N with tert-alkyl or cyclic N) is 1. The summed E-state index contributed by atoms with van der Waals surface area (Å²) >= 11 is 0. The largest absolute Gasteiger partial charge is 0.391 e. The van der Waals surface area contributed by atoms with Gasteiger partial charge in [0.05, 0.1) is 30.3 Å². The molecule has 1 aliphatic carbocycles. The number of aliphatic hydroxyl groups excluding tert-OH is 1. The third-order valence-electron chi connectivity index (χ3n) is 7.60. The number of hydrogen-bond acceptors (Lipinski definition) is 8. The van der Waals surface area contributed by atoms with Gasteiger partial charge in [0.1, 0.15) is 12.3 Å². The van der Waals surface area contributed by atoms with Crippen LogP contribution in [-0.2, 0) is 15.0 Å². The Labute approximate surface area is 237 Å². The zero-order valence-corrected chi connectivity index (χ0v) is 23.9. The third-order valence-corrected chi connectivity index (χ3v) is 7.60. The van der Waals surface area contributed by atoms with Crippen LogP contribution in [0, 0.1) is 22.8 Å². The maximum Gasteiger partial charge on any atom is 0.247 e. The third kappa shape index (κ3) is 7.80. The van der Waals surface area contributed by atoms with Crippen molar-refractivity contribution >= 4 is 17.9 Å². The van der Waals surface area contributed by atoms with Crippen LogP contribution in [0.1, 0.15) is 82.0 Å². The molecule has 0 radical (unpaired) electrons. The number of likely N-dealkylation sites (N-methyl/N-ethyl adjacent to an activating group) is 1. The number of hydrogen-bond donors (Lipinski definition) is 2. The Kier molecular flexibility index (Phi) is 10.6. The van der Waals surface area contributed by atoms with E-state index in [4.69, 9.17) is 10.4 Å². The molecule has 1 saturated carbocycles. The summed E-state index contributed by atoms with van der Waals surface area (Å²) in [5.74, 6) is -0.0752. The quantitative estimate of drug-likeness (QED) is 0.412. The Morgan fingerprint density at radius 1 is 1.18 bits per heavy atom. The molecule has 212 valence electrons. The normalized spacial score (nSPS) is 19.8. The molecular weight excluding hydrogens is 504 g/mol. The van der Waals surface area contributed by atoms with Crippen molar-refractivity contribution in [1.29, 1.82) is 10.5 Å². The first-order valence-corrected chi connectivity index (χ1v) is 13.9. The molecule has 1 aliphatic heterocycles. The molecule has 2 aliphatic rings. The Morgan fingerprint density at radius 2 is 1.85 bits per heavy atom. The predicted octanol–water partition coefficient (Wildman–Crippen LogP) is 3.98. The molecule has 0 spiro atoms. The Balaban J connectivity index is 0.000000371. The molecule has 1 saturated heterocycles. The number of carbonyl (C=O) groups excluding carboxylic acids is 2. The average Bonchev–Trinajstić information content (AvgIpc) is 3.33. The number of nitrogens with zero attached hydrogens (tertiary/aromatic N) is 5. The van der Waals surface area contributed by atoms with Gasteiger partial charge in [-0.15, -0.1) is 0 Å². The lowest BCUT2D eigenvalue weighted by Crippen LogP contribution is -2.44. The maximum atomic E-state index is 13.4. The van der Waals surface area contributed by atoms with Gasteiger partial charge in [0, 0.05) is 43.2 Å². The van der Waals surface area contributed by atoms with Crippen molar-refractivity contribution in [3.8, 4) is 12.3 Å². The first-order valence-electron chi connectivity index (χ1n) is 13.9. The summed E-state index contributed by atoms with van der Waals surface area (Å²) in [7, 11) is 1.91. The highest BCUT2D eigenvalue weighted by atomic mass is 16.3. The molecule has 2 heterocycles. The van der Waals surface area contributed by atoms with E-state index in [0.29, 0.717) is 30.4 Å². The van der Waals surface area contributed by atoms with Gasteiger partial charge in [-0.05, 0) is 42.0 Å². The number of nitriles is 2. The number of aliphatic hydroxyl groups is 1. The SMILES string of the molecule is CN(c1ccc(C(C)(C)C)cc1)C(C(=O)NC1CCCCC1)c1cnccc1C#N.N#CN1CC(O)CC1C=O. The molecule has 9 nitrogen and oxygen atoms in total. The minimum absolute atomic E-state index is 0.0617. The van der Waals surface area contributed by atoms with Crippen molar-refractivity contribution in [3.05, 3.63) is 59.4 Å². The fourth-order valence-corrected chi connectivity index (χ4v) is 5.21. The monoisotopic (exact) mass is 544 g/mol. The first-order chi connectivity index (χ1) is 19.1. The van der Waals surface area contributed by atoms with E-state index < -0.39 is 18.2 Å². The van der Waals surface area contributed by atoms with E-state index in [1.54, 1.807) is 18.5 Å². The van der Waals surface area contributed by atoms with Crippen LogP contribution in [0.15, 0.2) is 42.7 Å². The topological polar surface area (TPSA) is 133 Å². The van der Waals surface area contributed by atoms with Crippen molar-refractivity contribution in [1.82, 2.24) is 15.2 Å². The molecule has 4 rings (SSSR count). The van der Waals surface area contributed by atoms with Gasteiger partial charge < -0.3 is 20.1 Å². The minimum Gasteiger partial charge on any atom is -0.391 e. The van der Waals surface area contributed by atoms with E-state index in [2.05, 4.69) is 49.3 Å². The van der Waals surface area contributed by atoms with E-state index in [1.807, 2.05) is 30.3 Å². The van der Waals surface area contributed by atoms with Crippen molar-refractivity contribution in [2.75, 3.05) is 18.5 Å². The standard InChI is InChI=1S/C25H32N4O.C6H8N2O2/c1-25(2,3)19-10-12-21(13-11-19)29(4)23(22-17-27-15-14-18(22)16-26)24(30)28-20-8-6-5-7-9-20;7-4-8-2-6(10)1-5(8)3-9/h10-15,17,20,23H,5-9H2,1-4H3,(H,28,30);3,5-6,10H,1-2H2. The molecule has 3 unspecified atom stereocenters. The molecule has 2 N–H and O–H groups in total. The van der Waals surface area contributed by atoms with E-state index >= 15 is 0 Å². The number of rotatable bonds is 6. The van der Waals surface area contributed by atoms with E-state index in [-0.39, 0.29) is 17.4 Å². The molecule has 1 amide bonds. The molecule has 3 atom stereocenters. The molecule has 2 aromatic rings. The number of likely N-dealkylation sites (tertiary alicyclic amines) is 1. The van der Waals surface area contributed by atoms with Crippen molar-refractivity contribution in [2.45, 2.75) is 88.9 Å². The summed E-state index contributed by atoms with van der Waals surface area (Å²) in [6, 6.07) is 11.4. The highest BCUT2D eigenvalue weighted by molar-refractivity contribution is 5.87. The first kappa shape index (κ1) is 30.6. The van der Waals surface area contributed by atoms with Crippen LogP contribution in [0.5, 0.6) is 0 Å². The number of pyridine rings is 1. The summed E-state index contributed by atoms with van der Waals surface area (Å²) in [5, 5.41) is 30.2. The van der Waals surface area contributed by atoms with Gasteiger partial charge in [0.15, 0.2) is 6.19 Å². The smallest absolute Gasteiger partial charge is 0.247 e. The second-order valence-electron chi connectivity index (χ2n) is 11.6. The number of aromatic nitrogens is 1. The van der Waals surface area contributed by atoms with Gasteiger partial charge >= 0.3 is 0 Å². The van der Waals surface area contributed by atoms with Gasteiger partial charge in [-0.1, -0.05) is 52.2 Å². The van der Waals surface area contributed by atoms with Crippen molar-refractivity contribution in [3.63, 3.8) is 0 Å². The average molecular weight is 545 g/mol. The van der Waals surface area contributed by atoms with Crippen LogP contribution >= 0.6 is 0 Å². The van der Waals surface area contributed by atoms with Crippen LogP contribution in [0.3, 0.4) is 0 Å². The second kappa shape index (κ2) is 13.9. The number of anilines is 1.